The third-order valence-electron chi connectivity index (χ3n) is 3.98. The van der Waals surface area contributed by atoms with Gasteiger partial charge in [0.25, 0.3) is 0 Å². The topological polar surface area (TPSA) is 81.1 Å². The van der Waals surface area contributed by atoms with Crippen LogP contribution >= 0.6 is 0 Å². The van der Waals surface area contributed by atoms with E-state index in [4.69, 9.17) is 4.74 Å². The normalized spacial score (nSPS) is 10.6. The SMILES string of the molecule is COc1cccc2c(NCCCNC=O)ncc(-c3cnn(C)c3)c12. The molecule has 0 spiro atoms. The van der Waals surface area contributed by atoms with Gasteiger partial charge >= 0.3 is 0 Å². The number of hydrogen-bond acceptors (Lipinski definition) is 5. The minimum absolute atomic E-state index is 0.630. The van der Waals surface area contributed by atoms with Gasteiger partial charge in [-0.2, -0.15) is 5.10 Å². The number of carbonyl (C=O) groups is 1. The number of ether oxygens (including phenoxy) is 1. The van der Waals surface area contributed by atoms with Crippen LogP contribution in [0.4, 0.5) is 5.82 Å². The van der Waals surface area contributed by atoms with Crippen molar-refractivity contribution in [2.24, 2.45) is 7.05 Å². The zero-order valence-corrected chi connectivity index (χ0v) is 14.3. The fraction of sp³-hybridized carbons (Fsp3) is 0.278. The van der Waals surface area contributed by atoms with E-state index in [2.05, 4.69) is 20.7 Å². The number of carbonyl (C=O) groups excluding carboxylic acids is 1. The van der Waals surface area contributed by atoms with Gasteiger partial charge in [-0.3, -0.25) is 9.48 Å². The Morgan fingerprint density at radius 2 is 2.16 bits per heavy atom. The molecule has 7 heteroatoms. The second-order valence-electron chi connectivity index (χ2n) is 5.66. The van der Waals surface area contributed by atoms with E-state index in [1.807, 2.05) is 43.8 Å². The number of rotatable bonds is 8. The van der Waals surface area contributed by atoms with E-state index in [0.29, 0.717) is 19.5 Å². The number of benzene rings is 1. The van der Waals surface area contributed by atoms with Crippen molar-refractivity contribution >= 4 is 23.0 Å². The fourth-order valence-corrected chi connectivity index (χ4v) is 2.82. The summed E-state index contributed by atoms with van der Waals surface area (Å²) in [6.45, 7) is 1.35. The number of pyridine rings is 1. The fourth-order valence-electron chi connectivity index (χ4n) is 2.82. The summed E-state index contributed by atoms with van der Waals surface area (Å²) in [4.78, 5) is 14.9. The summed E-state index contributed by atoms with van der Waals surface area (Å²) < 4.78 is 7.34. The average Bonchev–Trinajstić information content (AvgIpc) is 3.07. The number of aryl methyl sites for hydroxylation is 1. The second-order valence-corrected chi connectivity index (χ2v) is 5.66. The molecule has 0 atom stereocenters. The summed E-state index contributed by atoms with van der Waals surface area (Å²) in [5, 5.41) is 12.2. The van der Waals surface area contributed by atoms with Crippen molar-refractivity contribution in [1.82, 2.24) is 20.1 Å². The van der Waals surface area contributed by atoms with Crippen LogP contribution in [0, 0.1) is 0 Å². The maximum absolute atomic E-state index is 10.3. The Morgan fingerprint density at radius 3 is 2.88 bits per heavy atom. The molecule has 2 N–H and O–H groups in total. The summed E-state index contributed by atoms with van der Waals surface area (Å²) in [6, 6.07) is 5.92. The van der Waals surface area contributed by atoms with Gasteiger partial charge < -0.3 is 15.4 Å². The monoisotopic (exact) mass is 339 g/mol. The maximum atomic E-state index is 10.3. The highest BCUT2D eigenvalue weighted by Crippen LogP contribution is 2.37. The Balaban J connectivity index is 1.99. The molecule has 25 heavy (non-hydrogen) atoms. The van der Waals surface area contributed by atoms with E-state index < -0.39 is 0 Å². The number of hydrogen-bond donors (Lipinski definition) is 2. The molecule has 3 aromatic rings. The lowest BCUT2D eigenvalue weighted by Crippen LogP contribution is -2.16. The molecule has 2 heterocycles. The summed E-state index contributed by atoms with van der Waals surface area (Å²) in [7, 11) is 3.56. The average molecular weight is 339 g/mol. The lowest BCUT2D eigenvalue weighted by atomic mass is 10.0. The quantitative estimate of drug-likeness (QED) is 0.486. The van der Waals surface area contributed by atoms with Gasteiger partial charge in [-0.05, 0) is 12.5 Å². The highest BCUT2D eigenvalue weighted by Gasteiger charge is 2.14. The minimum Gasteiger partial charge on any atom is -0.496 e. The van der Waals surface area contributed by atoms with Gasteiger partial charge in [0, 0.05) is 54.4 Å². The van der Waals surface area contributed by atoms with Gasteiger partial charge in [0.2, 0.25) is 6.41 Å². The number of nitrogens with one attached hydrogen (secondary N) is 2. The van der Waals surface area contributed by atoms with Crippen LogP contribution in [0.1, 0.15) is 6.42 Å². The Bertz CT molecular complexity index is 875. The van der Waals surface area contributed by atoms with Crippen molar-refractivity contribution in [1.29, 1.82) is 0 Å². The Labute approximate surface area is 146 Å². The van der Waals surface area contributed by atoms with Crippen molar-refractivity contribution < 1.29 is 9.53 Å². The van der Waals surface area contributed by atoms with Gasteiger partial charge in [0.15, 0.2) is 0 Å². The van der Waals surface area contributed by atoms with Crippen LogP contribution in [0.2, 0.25) is 0 Å². The van der Waals surface area contributed by atoms with Crippen LogP contribution in [0.25, 0.3) is 21.9 Å². The lowest BCUT2D eigenvalue weighted by molar-refractivity contribution is -0.109. The largest absolute Gasteiger partial charge is 0.496 e. The van der Waals surface area contributed by atoms with E-state index >= 15 is 0 Å². The molecule has 0 saturated carbocycles. The van der Waals surface area contributed by atoms with E-state index in [9.17, 15) is 4.79 Å². The van der Waals surface area contributed by atoms with Crippen molar-refractivity contribution in [2.45, 2.75) is 6.42 Å². The van der Waals surface area contributed by atoms with E-state index in [-0.39, 0.29) is 0 Å². The predicted molar refractivity (Wildman–Crippen MR) is 97.7 cm³/mol. The molecule has 0 saturated heterocycles. The molecular formula is C18H21N5O2. The third-order valence-corrected chi connectivity index (χ3v) is 3.98. The molecule has 0 radical (unpaired) electrons. The minimum atomic E-state index is 0.630. The summed E-state index contributed by atoms with van der Waals surface area (Å²) in [5.41, 5.74) is 1.97. The number of fused-ring (bicyclic) bond motifs is 1. The highest BCUT2D eigenvalue weighted by atomic mass is 16.5. The van der Waals surface area contributed by atoms with Crippen molar-refractivity contribution in [2.75, 3.05) is 25.5 Å². The van der Waals surface area contributed by atoms with E-state index in [0.717, 1.165) is 39.9 Å². The van der Waals surface area contributed by atoms with Crippen LogP contribution in [-0.4, -0.2) is 41.4 Å². The smallest absolute Gasteiger partial charge is 0.207 e. The molecule has 0 bridgehead atoms. The molecule has 130 valence electrons. The zero-order valence-electron chi connectivity index (χ0n) is 14.3. The number of methoxy groups -OCH3 is 1. The van der Waals surface area contributed by atoms with Crippen molar-refractivity contribution in [3.05, 3.63) is 36.8 Å². The molecule has 1 amide bonds. The van der Waals surface area contributed by atoms with Crippen molar-refractivity contribution in [3.8, 4) is 16.9 Å². The maximum Gasteiger partial charge on any atom is 0.207 e. The van der Waals surface area contributed by atoms with Crippen LogP contribution in [0.3, 0.4) is 0 Å². The van der Waals surface area contributed by atoms with Crippen LogP contribution in [-0.2, 0) is 11.8 Å². The second kappa shape index (κ2) is 7.65. The molecule has 0 aliphatic heterocycles. The standard InChI is InChI=1S/C18H21N5O2/c1-23-11-13(9-22-23)15-10-21-18(20-8-4-7-19-12-24)14-5-3-6-16(25-2)17(14)15/h3,5-6,9-12H,4,7-8H2,1-2H3,(H,19,24)(H,20,21). The Hall–Kier alpha value is -3.09. The molecule has 3 rings (SSSR count). The first-order valence-corrected chi connectivity index (χ1v) is 8.10. The molecule has 0 unspecified atom stereocenters. The Morgan fingerprint density at radius 1 is 1.28 bits per heavy atom. The van der Waals surface area contributed by atoms with Gasteiger partial charge in [0.1, 0.15) is 11.6 Å². The molecule has 2 aromatic heterocycles. The first-order chi connectivity index (χ1) is 12.2. The van der Waals surface area contributed by atoms with Gasteiger partial charge in [-0.1, -0.05) is 12.1 Å². The number of nitrogens with zero attached hydrogens (tertiary/aromatic N) is 3. The first kappa shape index (κ1) is 16.8. The van der Waals surface area contributed by atoms with Crippen molar-refractivity contribution in [3.63, 3.8) is 0 Å². The summed E-state index contributed by atoms with van der Waals surface area (Å²) in [6.07, 6.45) is 7.15. The molecule has 0 aliphatic rings. The predicted octanol–water partition coefficient (Wildman–Crippen LogP) is 2.19. The molecule has 7 nitrogen and oxygen atoms in total. The zero-order chi connectivity index (χ0) is 17.6. The van der Waals surface area contributed by atoms with Gasteiger partial charge in [-0.25, -0.2) is 4.98 Å². The van der Waals surface area contributed by atoms with Gasteiger partial charge in [0.05, 0.1) is 13.3 Å². The molecular weight excluding hydrogens is 318 g/mol. The highest BCUT2D eigenvalue weighted by molar-refractivity contribution is 6.05. The van der Waals surface area contributed by atoms with E-state index in [1.165, 1.54) is 0 Å². The number of anilines is 1. The van der Waals surface area contributed by atoms with Crippen LogP contribution in [0.15, 0.2) is 36.8 Å². The third kappa shape index (κ3) is 3.55. The van der Waals surface area contributed by atoms with Crippen LogP contribution in [0.5, 0.6) is 5.75 Å². The number of amides is 1. The Kier molecular flexibility index (Phi) is 5.13. The first-order valence-electron chi connectivity index (χ1n) is 8.10. The lowest BCUT2D eigenvalue weighted by Gasteiger charge is -2.14. The van der Waals surface area contributed by atoms with E-state index in [1.54, 1.807) is 11.8 Å². The molecule has 0 aliphatic carbocycles. The summed E-state index contributed by atoms with van der Waals surface area (Å²) >= 11 is 0. The summed E-state index contributed by atoms with van der Waals surface area (Å²) in [5.74, 6) is 1.59. The van der Waals surface area contributed by atoms with Gasteiger partial charge in [-0.15, -0.1) is 0 Å². The number of aromatic nitrogens is 3. The molecule has 1 aromatic carbocycles. The van der Waals surface area contributed by atoms with Crippen LogP contribution < -0.4 is 15.4 Å². The molecule has 0 fully saturated rings.